The van der Waals surface area contributed by atoms with E-state index in [2.05, 4.69) is 23.6 Å². The number of urea groups is 1. The van der Waals surface area contributed by atoms with Crippen LogP contribution in [-0.2, 0) is 4.74 Å². The lowest BCUT2D eigenvalue weighted by Crippen LogP contribution is -2.30. The normalized spacial score (nSPS) is 10.3. The van der Waals surface area contributed by atoms with Crippen molar-refractivity contribution in [2.24, 2.45) is 0 Å². The molecule has 4 nitrogen and oxygen atoms in total. The zero-order valence-electron chi connectivity index (χ0n) is 12.8. The first-order chi connectivity index (χ1) is 9.61. The first-order valence-electron chi connectivity index (χ1n) is 7.32. The van der Waals surface area contributed by atoms with E-state index in [0.29, 0.717) is 13.2 Å². The topological polar surface area (TPSA) is 50.4 Å². The number of rotatable bonds is 8. The van der Waals surface area contributed by atoms with Crippen LogP contribution in [0.3, 0.4) is 0 Å². The van der Waals surface area contributed by atoms with Crippen LogP contribution in [0.2, 0.25) is 0 Å². The summed E-state index contributed by atoms with van der Waals surface area (Å²) in [6.45, 7) is 8.31. The van der Waals surface area contributed by atoms with Gasteiger partial charge in [0.2, 0.25) is 0 Å². The van der Waals surface area contributed by atoms with Crippen molar-refractivity contribution in [2.45, 2.75) is 40.0 Å². The number of amides is 2. The fraction of sp³-hybridized carbons (Fsp3) is 0.562. The molecule has 4 heteroatoms. The predicted octanol–water partition coefficient (Wildman–Crippen LogP) is 3.63. The molecule has 0 aromatic heterocycles. The number of hydrogen-bond acceptors (Lipinski definition) is 2. The molecule has 2 N–H and O–H groups in total. The van der Waals surface area contributed by atoms with Crippen molar-refractivity contribution in [3.05, 3.63) is 29.3 Å². The molecule has 0 saturated carbocycles. The van der Waals surface area contributed by atoms with Crippen LogP contribution in [0.25, 0.3) is 0 Å². The van der Waals surface area contributed by atoms with Crippen molar-refractivity contribution in [3.63, 3.8) is 0 Å². The Labute approximate surface area is 121 Å². The van der Waals surface area contributed by atoms with Crippen LogP contribution in [0.1, 0.15) is 37.3 Å². The van der Waals surface area contributed by atoms with Gasteiger partial charge in [0, 0.05) is 25.4 Å². The van der Waals surface area contributed by atoms with Crippen LogP contribution in [0.15, 0.2) is 18.2 Å². The fourth-order valence-corrected chi connectivity index (χ4v) is 1.95. The third-order valence-corrected chi connectivity index (χ3v) is 2.87. The van der Waals surface area contributed by atoms with E-state index in [0.717, 1.165) is 42.7 Å². The van der Waals surface area contributed by atoms with Gasteiger partial charge in [-0.05, 0) is 49.9 Å². The summed E-state index contributed by atoms with van der Waals surface area (Å²) in [7, 11) is 0. The van der Waals surface area contributed by atoms with Crippen LogP contribution < -0.4 is 10.6 Å². The molecule has 0 aliphatic rings. The first kappa shape index (κ1) is 16.5. The summed E-state index contributed by atoms with van der Waals surface area (Å²) in [5.74, 6) is 0. The molecule has 0 radical (unpaired) electrons. The van der Waals surface area contributed by atoms with Crippen LogP contribution in [0.4, 0.5) is 10.5 Å². The molecule has 1 aromatic carbocycles. The highest BCUT2D eigenvalue weighted by molar-refractivity contribution is 5.89. The van der Waals surface area contributed by atoms with Gasteiger partial charge in [-0.3, -0.25) is 0 Å². The number of nitrogens with one attached hydrogen (secondary N) is 2. The van der Waals surface area contributed by atoms with E-state index in [1.807, 2.05) is 26.0 Å². The Hall–Kier alpha value is -1.55. The molecule has 0 aliphatic carbocycles. The minimum absolute atomic E-state index is 0.163. The molecular weight excluding hydrogens is 252 g/mol. The minimum atomic E-state index is -0.163. The summed E-state index contributed by atoms with van der Waals surface area (Å²) in [6.07, 6.45) is 3.08. The van der Waals surface area contributed by atoms with Crippen LogP contribution in [-0.4, -0.2) is 25.8 Å². The lowest BCUT2D eigenvalue weighted by Gasteiger charge is -2.09. The Bertz CT molecular complexity index is 399. The second-order valence-electron chi connectivity index (χ2n) is 5.08. The summed E-state index contributed by atoms with van der Waals surface area (Å²) in [4.78, 5) is 11.7. The van der Waals surface area contributed by atoms with Gasteiger partial charge in [0.25, 0.3) is 0 Å². The van der Waals surface area contributed by atoms with E-state index in [1.165, 1.54) is 0 Å². The highest BCUT2D eigenvalue weighted by Gasteiger charge is 2.02. The van der Waals surface area contributed by atoms with Crippen LogP contribution in [0, 0.1) is 13.8 Å². The average molecular weight is 278 g/mol. The zero-order valence-corrected chi connectivity index (χ0v) is 12.8. The van der Waals surface area contributed by atoms with E-state index in [9.17, 15) is 4.79 Å². The highest BCUT2D eigenvalue weighted by atomic mass is 16.5. The van der Waals surface area contributed by atoms with Crippen molar-refractivity contribution in [1.82, 2.24) is 5.32 Å². The molecule has 112 valence electrons. The first-order valence-corrected chi connectivity index (χ1v) is 7.32. The van der Waals surface area contributed by atoms with Gasteiger partial charge in [-0.15, -0.1) is 0 Å². The summed E-state index contributed by atoms with van der Waals surface area (Å²) >= 11 is 0. The van der Waals surface area contributed by atoms with Gasteiger partial charge in [0.05, 0.1) is 0 Å². The van der Waals surface area contributed by atoms with Crippen molar-refractivity contribution < 1.29 is 9.53 Å². The number of unbranched alkanes of at least 4 members (excludes halogenated alkanes) is 1. The van der Waals surface area contributed by atoms with Gasteiger partial charge >= 0.3 is 6.03 Å². The Balaban J connectivity index is 2.17. The number of benzene rings is 1. The molecule has 2 amide bonds. The quantitative estimate of drug-likeness (QED) is 0.713. The van der Waals surface area contributed by atoms with Crippen molar-refractivity contribution >= 4 is 11.7 Å². The molecule has 0 aliphatic heterocycles. The molecule has 0 atom stereocenters. The molecule has 20 heavy (non-hydrogen) atoms. The van der Waals surface area contributed by atoms with Crippen molar-refractivity contribution in [3.8, 4) is 0 Å². The molecule has 0 unspecified atom stereocenters. The molecule has 0 saturated heterocycles. The lowest BCUT2D eigenvalue weighted by molar-refractivity contribution is 0.129. The van der Waals surface area contributed by atoms with Gasteiger partial charge in [-0.2, -0.15) is 0 Å². The number of ether oxygens (including phenoxy) is 1. The Morgan fingerprint density at radius 2 is 1.75 bits per heavy atom. The van der Waals surface area contributed by atoms with Gasteiger partial charge in [-0.1, -0.05) is 19.4 Å². The second kappa shape index (κ2) is 9.37. The molecule has 0 heterocycles. The van der Waals surface area contributed by atoms with Crippen molar-refractivity contribution in [1.29, 1.82) is 0 Å². The fourth-order valence-electron chi connectivity index (χ4n) is 1.95. The Kier molecular flexibility index (Phi) is 7.73. The lowest BCUT2D eigenvalue weighted by atomic mass is 10.1. The zero-order chi connectivity index (χ0) is 14.8. The van der Waals surface area contributed by atoms with E-state index >= 15 is 0 Å². The van der Waals surface area contributed by atoms with E-state index < -0.39 is 0 Å². The summed E-state index contributed by atoms with van der Waals surface area (Å²) < 4.78 is 5.43. The summed E-state index contributed by atoms with van der Waals surface area (Å²) in [5.41, 5.74) is 3.12. The highest BCUT2D eigenvalue weighted by Crippen LogP contribution is 2.13. The maximum atomic E-state index is 11.7. The van der Waals surface area contributed by atoms with Gasteiger partial charge in [-0.25, -0.2) is 4.79 Å². The molecule has 0 fully saturated rings. The summed E-state index contributed by atoms with van der Waals surface area (Å²) in [6, 6.07) is 5.83. The standard InChI is InChI=1S/C16H26N2O2/c1-4-5-8-20-9-6-7-17-16(19)18-15-11-13(2)10-14(3)12-15/h10-12H,4-9H2,1-3H3,(H2,17,18,19). The number of hydrogen-bond donors (Lipinski definition) is 2. The smallest absolute Gasteiger partial charge is 0.319 e. The predicted molar refractivity (Wildman–Crippen MR) is 83.3 cm³/mol. The van der Waals surface area contributed by atoms with Gasteiger partial charge in [0.1, 0.15) is 0 Å². The Morgan fingerprint density at radius 1 is 1.10 bits per heavy atom. The monoisotopic (exact) mass is 278 g/mol. The van der Waals surface area contributed by atoms with E-state index in [-0.39, 0.29) is 6.03 Å². The largest absolute Gasteiger partial charge is 0.381 e. The minimum Gasteiger partial charge on any atom is -0.381 e. The number of aryl methyl sites for hydroxylation is 2. The third-order valence-electron chi connectivity index (χ3n) is 2.87. The second-order valence-corrected chi connectivity index (χ2v) is 5.08. The van der Waals surface area contributed by atoms with E-state index in [4.69, 9.17) is 4.74 Å². The number of anilines is 1. The maximum absolute atomic E-state index is 11.7. The molecular formula is C16H26N2O2. The molecule has 1 aromatic rings. The van der Waals surface area contributed by atoms with Gasteiger partial charge in [0.15, 0.2) is 0 Å². The SMILES string of the molecule is CCCCOCCCNC(=O)Nc1cc(C)cc(C)c1. The molecule has 0 spiro atoms. The average Bonchev–Trinajstić information content (AvgIpc) is 2.36. The van der Waals surface area contributed by atoms with Crippen LogP contribution in [0.5, 0.6) is 0 Å². The molecule has 1 rings (SSSR count). The van der Waals surface area contributed by atoms with Crippen LogP contribution >= 0.6 is 0 Å². The van der Waals surface area contributed by atoms with E-state index in [1.54, 1.807) is 0 Å². The summed E-state index contributed by atoms with van der Waals surface area (Å²) in [5, 5.41) is 5.67. The van der Waals surface area contributed by atoms with Gasteiger partial charge < -0.3 is 15.4 Å². The van der Waals surface area contributed by atoms with Crippen molar-refractivity contribution in [2.75, 3.05) is 25.1 Å². The number of carbonyl (C=O) groups is 1. The number of carbonyl (C=O) groups excluding carboxylic acids is 1. The maximum Gasteiger partial charge on any atom is 0.319 e. The molecule has 0 bridgehead atoms. The third kappa shape index (κ3) is 7.14. The Morgan fingerprint density at radius 3 is 2.40 bits per heavy atom.